The van der Waals surface area contributed by atoms with Crippen LogP contribution >= 0.6 is 0 Å². The van der Waals surface area contributed by atoms with Crippen molar-refractivity contribution >= 4 is 11.8 Å². The van der Waals surface area contributed by atoms with Crippen LogP contribution in [0.5, 0.6) is 0 Å². The number of halogens is 1. The molecule has 1 aliphatic carbocycles. The molecule has 5 rings (SSSR count). The van der Waals surface area contributed by atoms with E-state index in [2.05, 4.69) is 17.2 Å². The highest BCUT2D eigenvalue weighted by Crippen LogP contribution is 2.34. The Morgan fingerprint density at radius 3 is 2.81 bits per heavy atom. The van der Waals surface area contributed by atoms with E-state index in [1.807, 2.05) is 0 Å². The van der Waals surface area contributed by atoms with E-state index in [1.54, 1.807) is 12.1 Å². The summed E-state index contributed by atoms with van der Waals surface area (Å²) < 4.78 is 21.1. The van der Waals surface area contributed by atoms with Crippen LogP contribution in [0.2, 0.25) is 0 Å². The van der Waals surface area contributed by atoms with Gasteiger partial charge in [-0.15, -0.1) is 0 Å². The zero-order valence-corrected chi connectivity index (χ0v) is 18.5. The number of hydrogen-bond acceptors (Lipinski definition) is 4. The van der Waals surface area contributed by atoms with Gasteiger partial charge in [0.1, 0.15) is 11.9 Å². The first kappa shape index (κ1) is 21.6. The van der Waals surface area contributed by atoms with Crippen LogP contribution in [0, 0.1) is 11.7 Å². The molecule has 0 radical (unpaired) electrons. The molecule has 1 aromatic rings. The molecule has 2 amide bonds. The predicted octanol–water partition coefficient (Wildman–Crippen LogP) is 3.05. The molecule has 3 aliphatic heterocycles. The first-order valence-electron chi connectivity index (χ1n) is 11.9. The lowest BCUT2D eigenvalue weighted by Crippen LogP contribution is -2.49. The van der Waals surface area contributed by atoms with Crippen molar-refractivity contribution in [2.45, 2.75) is 76.0 Å². The van der Waals surface area contributed by atoms with Crippen LogP contribution < -0.4 is 10.6 Å². The van der Waals surface area contributed by atoms with Crippen LogP contribution in [0.15, 0.2) is 24.4 Å². The molecule has 3 fully saturated rings. The first-order valence-corrected chi connectivity index (χ1v) is 11.9. The third-order valence-corrected chi connectivity index (χ3v) is 7.61. The summed E-state index contributed by atoms with van der Waals surface area (Å²) in [5.41, 5.74) is 2.18. The van der Waals surface area contributed by atoms with Crippen molar-refractivity contribution < 1.29 is 18.7 Å². The second-order valence-corrected chi connectivity index (χ2v) is 9.73. The second kappa shape index (κ2) is 8.94. The molecule has 0 aromatic heterocycles. The van der Waals surface area contributed by atoms with E-state index in [4.69, 9.17) is 4.74 Å². The van der Waals surface area contributed by atoms with E-state index in [0.717, 1.165) is 32.5 Å². The van der Waals surface area contributed by atoms with Gasteiger partial charge in [-0.1, -0.05) is 25.5 Å². The molecule has 172 valence electrons. The second-order valence-electron chi connectivity index (χ2n) is 9.73. The number of rotatable bonds is 5. The van der Waals surface area contributed by atoms with Crippen molar-refractivity contribution in [1.29, 1.82) is 0 Å². The molecular formula is C25H32FN3O3. The van der Waals surface area contributed by atoms with Gasteiger partial charge in [0.2, 0.25) is 5.91 Å². The Balaban J connectivity index is 1.32. The van der Waals surface area contributed by atoms with Gasteiger partial charge in [0.15, 0.2) is 0 Å². The fourth-order valence-electron chi connectivity index (χ4n) is 5.81. The van der Waals surface area contributed by atoms with Crippen LogP contribution in [0.1, 0.15) is 66.4 Å². The number of hydrogen-bond donors (Lipinski definition) is 2. The summed E-state index contributed by atoms with van der Waals surface area (Å²) in [6, 6.07) is 3.74. The van der Waals surface area contributed by atoms with Crippen molar-refractivity contribution in [3.05, 3.63) is 46.9 Å². The van der Waals surface area contributed by atoms with E-state index >= 15 is 4.39 Å². The summed E-state index contributed by atoms with van der Waals surface area (Å²) in [7, 11) is 0. The standard InChI is InChI=1S/C25H32FN3O3/c1-15-6-9-22(24(30)27-15)29-13-20-19(25(29)31)8-7-17(23(20)26)12-16-4-2-3-5-21(16)28-18-10-11-32-14-18/h7-8,16,18,21-22,28H,1-6,9-14H2,(H,27,30)/t16-,18-,21+,22?/m1/s1. The maximum Gasteiger partial charge on any atom is 0.255 e. The molecule has 4 aliphatic rings. The molecule has 32 heavy (non-hydrogen) atoms. The van der Waals surface area contributed by atoms with Crippen molar-refractivity contribution in [1.82, 2.24) is 15.5 Å². The number of nitrogens with zero attached hydrogens (tertiary/aromatic N) is 1. The van der Waals surface area contributed by atoms with Gasteiger partial charge < -0.3 is 20.3 Å². The number of allylic oxidation sites excluding steroid dienone is 1. The molecule has 1 saturated carbocycles. The Morgan fingerprint density at radius 2 is 2.03 bits per heavy atom. The van der Waals surface area contributed by atoms with Gasteiger partial charge in [-0.25, -0.2) is 4.39 Å². The average molecular weight is 442 g/mol. The van der Waals surface area contributed by atoms with E-state index < -0.39 is 6.04 Å². The monoisotopic (exact) mass is 441 g/mol. The molecule has 0 bridgehead atoms. The van der Waals surface area contributed by atoms with Gasteiger partial charge in [-0.2, -0.15) is 0 Å². The third-order valence-electron chi connectivity index (χ3n) is 7.61. The number of fused-ring (bicyclic) bond motifs is 1. The Labute approximate surface area is 188 Å². The predicted molar refractivity (Wildman–Crippen MR) is 118 cm³/mol. The van der Waals surface area contributed by atoms with Crippen LogP contribution in [0.25, 0.3) is 0 Å². The Morgan fingerprint density at radius 1 is 1.19 bits per heavy atom. The summed E-state index contributed by atoms with van der Waals surface area (Å²) in [4.78, 5) is 26.9. The molecule has 1 aromatic carbocycles. The molecule has 7 heteroatoms. The lowest BCUT2D eigenvalue weighted by atomic mass is 9.80. The maximum absolute atomic E-state index is 15.6. The average Bonchev–Trinajstić information content (AvgIpc) is 3.40. The highest BCUT2D eigenvalue weighted by molar-refractivity contribution is 6.01. The SMILES string of the molecule is C=C1CCC(N2Cc3c(ccc(C[C@H]4CCCC[C@@H]4N[C@@H]4CCOC4)c3F)C2=O)C(=O)N1. The van der Waals surface area contributed by atoms with E-state index in [0.29, 0.717) is 59.7 Å². The van der Waals surface area contributed by atoms with Crippen LogP contribution in [-0.4, -0.2) is 48.1 Å². The summed E-state index contributed by atoms with van der Waals surface area (Å²) in [5.74, 6) is -0.376. The Kier molecular flexibility index (Phi) is 6.03. The molecule has 6 nitrogen and oxygen atoms in total. The number of nitrogens with one attached hydrogen (secondary N) is 2. The van der Waals surface area contributed by atoms with Gasteiger partial charge in [0.05, 0.1) is 13.2 Å². The van der Waals surface area contributed by atoms with Gasteiger partial charge in [0.25, 0.3) is 5.91 Å². The highest BCUT2D eigenvalue weighted by Gasteiger charge is 2.40. The van der Waals surface area contributed by atoms with E-state index in [-0.39, 0.29) is 24.2 Å². The lowest BCUT2D eigenvalue weighted by molar-refractivity contribution is -0.126. The molecule has 0 spiro atoms. The molecular weight excluding hydrogens is 409 g/mol. The van der Waals surface area contributed by atoms with Crippen molar-refractivity contribution in [3.8, 4) is 0 Å². The zero-order valence-electron chi connectivity index (χ0n) is 18.5. The maximum atomic E-state index is 15.6. The number of carbonyl (C=O) groups is 2. The quantitative estimate of drug-likeness (QED) is 0.737. The van der Waals surface area contributed by atoms with Crippen LogP contribution in [0.3, 0.4) is 0 Å². The number of amides is 2. The fourth-order valence-corrected chi connectivity index (χ4v) is 5.81. The van der Waals surface area contributed by atoms with Gasteiger partial charge in [0, 0.05) is 35.5 Å². The minimum Gasteiger partial charge on any atom is -0.380 e. The van der Waals surface area contributed by atoms with Crippen molar-refractivity contribution in [2.75, 3.05) is 13.2 Å². The van der Waals surface area contributed by atoms with Crippen LogP contribution in [-0.2, 0) is 22.5 Å². The molecule has 2 N–H and O–H groups in total. The van der Waals surface area contributed by atoms with Crippen molar-refractivity contribution in [3.63, 3.8) is 0 Å². The zero-order chi connectivity index (χ0) is 22.2. The van der Waals surface area contributed by atoms with E-state index in [9.17, 15) is 9.59 Å². The molecule has 1 unspecified atom stereocenters. The van der Waals surface area contributed by atoms with Gasteiger partial charge >= 0.3 is 0 Å². The molecule has 2 saturated heterocycles. The van der Waals surface area contributed by atoms with Gasteiger partial charge in [-0.3, -0.25) is 9.59 Å². The number of benzene rings is 1. The summed E-state index contributed by atoms with van der Waals surface area (Å²) in [6.45, 7) is 5.52. The number of piperidine rings is 1. The normalized spacial score (nSPS) is 30.5. The smallest absolute Gasteiger partial charge is 0.255 e. The summed E-state index contributed by atoms with van der Waals surface area (Å²) in [6.07, 6.45) is 7.43. The topological polar surface area (TPSA) is 70.7 Å². The first-order chi connectivity index (χ1) is 15.5. The summed E-state index contributed by atoms with van der Waals surface area (Å²) in [5, 5.41) is 6.50. The minimum absolute atomic E-state index is 0.157. The molecule has 3 heterocycles. The minimum atomic E-state index is -0.566. The fraction of sp³-hybridized carbons (Fsp3) is 0.600. The van der Waals surface area contributed by atoms with Crippen LogP contribution in [0.4, 0.5) is 4.39 Å². The summed E-state index contributed by atoms with van der Waals surface area (Å²) >= 11 is 0. The largest absolute Gasteiger partial charge is 0.380 e. The molecule has 4 atom stereocenters. The van der Waals surface area contributed by atoms with Gasteiger partial charge in [-0.05, 0) is 56.1 Å². The number of ether oxygens (including phenoxy) is 1. The lowest BCUT2D eigenvalue weighted by Gasteiger charge is -2.34. The Bertz CT molecular complexity index is 927. The highest BCUT2D eigenvalue weighted by atomic mass is 19.1. The van der Waals surface area contributed by atoms with E-state index in [1.165, 1.54) is 17.7 Å². The third kappa shape index (κ3) is 4.08. The van der Waals surface area contributed by atoms with Crippen molar-refractivity contribution in [2.24, 2.45) is 5.92 Å². The Hall–Kier alpha value is -2.25. The number of carbonyl (C=O) groups excluding carboxylic acids is 2.